The monoisotopic (exact) mass is 252 g/mol. The maximum atomic E-state index is 12.1. The first-order chi connectivity index (χ1) is 8.51. The Hall–Kier alpha value is -1.75. The smallest absolute Gasteiger partial charge is 0.253 e. The van der Waals surface area contributed by atoms with Gasteiger partial charge in [-0.15, -0.1) is 0 Å². The summed E-state index contributed by atoms with van der Waals surface area (Å²) in [5.74, 6) is 0.168. The molecule has 5 heteroatoms. The lowest BCUT2D eigenvalue weighted by Gasteiger charge is -2.24. The second-order valence-electron chi connectivity index (χ2n) is 4.23. The molecule has 0 saturated carbocycles. The van der Waals surface area contributed by atoms with Crippen molar-refractivity contribution in [3.8, 4) is 11.5 Å². The lowest BCUT2D eigenvalue weighted by atomic mass is 10.1. The number of carbonyl (C=O) groups is 1. The number of nitrogens with zero attached hydrogens (tertiary/aromatic N) is 1. The summed E-state index contributed by atoms with van der Waals surface area (Å²) in [6.45, 7) is 2.47. The maximum absolute atomic E-state index is 12.1. The fraction of sp³-hybridized carbons (Fsp3) is 0.462. The normalized spacial score (nSPS) is 12.0. The number of carbonyl (C=O) groups excluding carboxylic acids is 1. The summed E-state index contributed by atoms with van der Waals surface area (Å²) in [5, 5.41) is 9.65. The number of phenols is 1. The first kappa shape index (κ1) is 14.3. The summed E-state index contributed by atoms with van der Waals surface area (Å²) < 4.78 is 4.93. The minimum Gasteiger partial charge on any atom is -0.504 e. The molecule has 0 aliphatic heterocycles. The molecular weight excluding hydrogens is 232 g/mol. The highest BCUT2D eigenvalue weighted by atomic mass is 16.5. The van der Waals surface area contributed by atoms with Gasteiger partial charge in [-0.3, -0.25) is 4.79 Å². The highest BCUT2D eigenvalue weighted by Gasteiger charge is 2.18. The fourth-order valence-corrected chi connectivity index (χ4v) is 1.66. The number of nitrogens with two attached hydrogens (primary N) is 1. The molecule has 5 nitrogen and oxygen atoms in total. The zero-order chi connectivity index (χ0) is 13.7. The Balaban J connectivity index is 2.87. The van der Waals surface area contributed by atoms with Crippen LogP contribution in [0.25, 0.3) is 0 Å². The van der Waals surface area contributed by atoms with Crippen molar-refractivity contribution in [2.24, 2.45) is 5.73 Å². The SMILES string of the molecule is COc1ccc(C(=O)N(C)C(C)CCN)cc1O. The number of rotatable bonds is 5. The Morgan fingerprint density at radius 2 is 2.22 bits per heavy atom. The maximum Gasteiger partial charge on any atom is 0.253 e. The largest absolute Gasteiger partial charge is 0.504 e. The summed E-state index contributed by atoms with van der Waals surface area (Å²) in [5.41, 5.74) is 5.90. The van der Waals surface area contributed by atoms with E-state index >= 15 is 0 Å². The minimum absolute atomic E-state index is 0.0387. The number of methoxy groups -OCH3 is 1. The van der Waals surface area contributed by atoms with Gasteiger partial charge in [0.05, 0.1) is 7.11 Å². The molecule has 18 heavy (non-hydrogen) atoms. The van der Waals surface area contributed by atoms with Crippen LogP contribution in [0.3, 0.4) is 0 Å². The predicted molar refractivity (Wildman–Crippen MR) is 69.9 cm³/mol. The number of hydrogen-bond donors (Lipinski definition) is 2. The van der Waals surface area contributed by atoms with Crippen LogP contribution < -0.4 is 10.5 Å². The third-order valence-corrected chi connectivity index (χ3v) is 2.99. The molecule has 0 bridgehead atoms. The van der Waals surface area contributed by atoms with Gasteiger partial charge in [0.2, 0.25) is 0 Å². The molecule has 1 amide bonds. The zero-order valence-electron chi connectivity index (χ0n) is 11.0. The summed E-state index contributed by atoms with van der Waals surface area (Å²) >= 11 is 0. The number of benzene rings is 1. The molecule has 1 rings (SSSR count). The van der Waals surface area contributed by atoms with E-state index in [0.29, 0.717) is 17.9 Å². The molecule has 0 fully saturated rings. The molecule has 0 spiro atoms. The molecule has 0 radical (unpaired) electrons. The van der Waals surface area contributed by atoms with Gasteiger partial charge in [0.15, 0.2) is 11.5 Å². The van der Waals surface area contributed by atoms with Crippen molar-refractivity contribution in [3.63, 3.8) is 0 Å². The molecule has 1 aromatic carbocycles. The number of phenolic OH excluding ortho intramolecular Hbond substituents is 1. The molecule has 0 aromatic heterocycles. The number of aromatic hydroxyl groups is 1. The van der Waals surface area contributed by atoms with Crippen LogP contribution in [0.5, 0.6) is 11.5 Å². The Bertz CT molecular complexity index is 421. The van der Waals surface area contributed by atoms with Crippen LogP contribution in [0.2, 0.25) is 0 Å². The van der Waals surface area contributed by atoms with E-state index in [0.717, 1.165) is 6.42 Å². The van der Waals surface area contributed by atoms with Gasteiger partial charge in [-0.2, -0.15) is 0 Å². The summed E-state index contributed by atoms with van der Waals surface area (Å²) in [4.78, 5) is 13.8. The minimum atomic E-state index is -0.145. The second-order valence-corrected chi connectivity index (χ2v) is 4.23. The van der Waals surface area contributed by atoms with Crippen LogP contribution in [0, 0.1) is 0 Å². The summed E-state index contributed by atoms with van der Waals surface area (Å²) in [6, 6.07) is 4.68. The van der Waals surface area contributed by atoms with Crippen LogP contribution in [0.15, 0.2) is 18.2 Å². The van der Waals surface area contributed by atoms with E-state index in [1.165, 1.54) is 13.2 Å². The van der Waals surface area contributed by atoms with E-state index < -0.39 is 0 Å². The zero-order valence-corrected chi connectivity index (χ0v) is 11.0. The van der Waals surface area contributed by atoms with E-state index in [2.05, 4.69) is 0 Å². The van der Waals surface area contributed by atoms with Crippen molar-refractivity contribution in [3.05, 3.63) is 23.8 Å². The fourth-order valence-electron chi connectivity index (χ4n) is 1.66. The lowest BCUT2D eigenvalue weighted by molar-refractivity contribution is 0.0738. The van der Waals surface area contributed by atoms with Crippen molar-refractivity contribution in [2.75, 3.05) is 20.7 Å². The quantitative estimate of drug-likeness (QED) is 0.826. The molecule has 3 N–H and O–H groups in total. The van der Waals surface area contributed by atoms with Gasteiger partial charge in [-0.1, -0.05) is 0 Å². The van der Waals surface area contributed by atoms with Crippen molar-refractivity contribution >= 4 is 5.91 Å². The van der Waals surface area contributed by atoms with Gasteiger partial charge in [0, 0.05) is 18.7 Å². The Morgan fingerprint density at radius 1 is 1.56 bits per heavy atom. The molecule has 1 aromatic rings. The van der Waals surface area contributed by atoms with Crippen molar-refractivity contribution in [1.29, 1.82) is 0 Å². The molecular formula is C13H20N2O3. The third kappa shape index (κ3) is 3.13. The molecule has 1 unspecified atom stereocenters. The number of hydrogen-bond acceptors (Lipinski definition) is 4. The van der Waals surface area contributed by atoms with Gasteiger partial charge >= 0.3 is 0 Å². The van der Waals surface area contributed by atoms with E-state index in [9.17, 15) is 9.90 Å². The van der Waals surface area contributed by atoms with Crippen LogP contribution >= 0.6 is 0 Å². The highest BCUT2D eigenvalue weighted by molar-refractivity contribution is 5.94. The number of ether oxygens (including phenoxy) is 1. The average molecular weight is 252 g/mol. The first-order valence-electron chi connectivity index (χ1n) is 5.85. The van der Waals surface area contributed by atoms with E-state index in [1.54, 1.807) is 24.1 Å². The van der Waals surface area contributed by atoms with Gasteiger partial charge in [0.1, 0.15) is 0 Å². The molecule has 0 aliphatic carbocycles. The standard InChI is InChI=1S/C13H20N2O3/c1-9(6-7-14)15(2)13(17)10-4-5-12(18-3)11(16)8-10/h4-5,8-9,16H,6-7,14H2,1-3H3. The molecule has 0 aliphatic rings. The topological polar surface area (TPSA) is 75.8 Å². The molecule has 0 heterocycles. The van der Waals surface area contributed by atoms with Crippen LogP contribution in [0.1, 0.15) is 23.7 Å². The predicted octanol–water partition coefficient (Wildman–Crippen LogP) is 1.21. The van der Waals surface area contributed by atoms with Gasteiger partial charge < -0.3 is 20.5 Å². The van der Waals surface area contributed by atoms with Gasteiger partial charge in [0.25, 0.3) is 5.91 Å². The van der Waals surface area contributed by atoms with Gasteiger partial charge in [-0.25, -0.2) is 0 Å². The van der Waals surface area contributed by atoms with Crippen molar-refractivity contribution < 1.29 is 14.6 Å². The van der Waals surface area contributed by atoms with Crippen molar-refractivity contribution in [1.82, 2.24) is 4.90 Å². The van der Waals surface area contributed by atoms with Crippen molar-refractivity contribution in [2.45, 2.75) is 19.4 Å². The first-order valence-corrected chi connectivity index (χ1v) is 5.85. The molecule has 0 saturated heterocycles. The molecule has 100 valence electrons. The highest BCUT2D eigenvalue weighted by Crippen LogP contribution is 2.26. The van der Waals surface area contributed by atoms with E-state index in [-0.39, 0.29) is 17.7 Å². The van der Waals surface area contributed by atoms with Gasteiger partial charge in [-0.05, 0) is 38.1 Å². The van der Waals surface area contributed by atoms with Crippen LogP contribution in [0.4, 0.5) is 0 Å². The Kier molecular flexibility index (Phi) is 4.97. The average Bonchev–Trinajstić information content (AvgIpc) is 2.37. The third-order valence-electron chi connectivity index (χ3n) is 2.99. The number of amides is 1. The second kappa shape index (κ2) is 6.26. The lowest BCUT2D eigenvalue weighted by Crippen LogP contribution is -2.36. The van der Waals surface area contributed by atoms with E-state index in [4.69, 9.17) is 10.5 Å². The molecule has 1 atom stereocenters. The Labute approximate surface area is 107 Å². The van der Waals surface area contributed by atoms with Crippen LogP contribution in [-0.2, 0) is 0 Å². The summed E-state index contributed by atoms with van der Waals surface area (Å²) in [6.07, 6.45) is 0.740. The summed E-state index contributed by atoms with van der Waals surface area (Å²) in [7, 11) is 3.19. The Morgan fingerprint density at radius 3 is 2.72 bits per heavy atom. The van der Waals surface area contributed by atoms with Crippen LogP contribution in [-0.4, -0.2) is 42.7 Å². The van der Waals surface area contributed by atoms with E-state index in [1.807, 2.05) is 6.92 Å².